The predicted molar refractivity (Wildman–Crippen MR) is 103 cm³/mol. The molecule has 1 aromatic carbocycles. The number of nitrogens with zero attached hydrogens (tertiary/aromatic N) is 3. The van der Waals surface area contributed by atoms with E-state index in [0.29, 0.717) is 30.3 Å². The Morgan fingerprint density at radius 1 is 1.14 bits per heavy atom. The van der Waals surface area contributed by atoms with Gasteiger partial charge in [0.15, 0.2) is 0 Å². The summed E-state index contributed by atoms with van der Waals surface area (Å²) < 4.78 is 13.3. The van der Waals surface area contributed by atoms with Crippen LogP contribution in [0.4, 0.5) is 4.39 Å². The summed E-state index contributed by atoms with van der Waals surface area (Å²) in [5.74, 6) is 1.43. The number of pyridine rings is 1. The first kappa shape index (κ1) is 18.1. The molecule has 5 rings (SSSR count). The molecule has 3 N–H and O–H groups in total. The van der Waals surface area contributed by atoms with Gasteiger partial charge in [-0.3, -0.25) is 15.0 Å². The van der Waals surface area contributed by atoms with Crippen LogP contribution in [0.25, 0.3) is 10.9 Å². The van der Waals surface area contributed by atoms with Crippen molar-refractivity contribution in [2.45, 2.75) is 31.3 Å². The second-order valence-corrected chi connectivity index (χ2v) is 7.81. The molecule has 8 heteroatoms. The van der Waals surface area contributed by atoms with Gasteiger partial charge in [0.2, 0.25) is 0 Å². The first-order valence-corrected chi connectivity index (χ1v) is 9.67. The number of hydroxylamine groups is 1. The van der Waals surface area contributed by atoms with Gasteiger partial charge in [-0.1, -0.05) is 6.07 Å². The largest absolute Gasteiger partial charge is 0.308 e. The van der Waals surface area contributed by atoms with E-state index in [1.165, 1.54) is 24.5 Å². The normalized spacial score (nSPS) is 25.0. The van der Waals surface area contributed by atoms with Gasteiger partial charge in [0.1, 0.15) is 11.6 Å². The van der Waals surface area contributed by atoms with Crippen LogP contribution in [0, 0.1) is 17.7 Å². The maximum Gasteiger partial charge on any atom is 0.277 e. The van der Waals surface area contributed by atoms with Crippen LogP contribution in [0.5, 0.6) is 0 Å². The Morgan fingerprint density at radius 3 is 2.62 bits per heavy atom. The molecule has 2 heterocycles. The number of halogens is 1. The highest BCUT2D eigenvalue weighted by Crippen LogP contribution is 2.57. The number of rotatable bonds is 5. The topological polar surface area (TPSA) is 100 Å². The molecule has 148 valence electrons. The van der Waals surface area contributed by atoms with E-state index in [1.54, 1.807) is 11.5 Å². The standard InChI is InChI=1S/C21H20FN5O2/c22-14-2-4-18-11(5-14)1-3-15(26-18)10-23-19-16-6-12(7-17(16)19)20-24-8-13(9-25-20)21(28)27-29/h1-5,8-9,12,16-17,19,23,29H,6-7,10H2,(H,27,28)/t12?,16-,17+,19+. The van der Waals surface area contributed by atoms with Gasteiger partial charge in [0, 0.05) is 36.3 Å². The zero-order valence-electron chi connectivity index (χ0n) is 15.5. The van der Waals surface area contributed by atoms with Crippen LogP contribution in [-0.2, 0) is 6.54 Å². The summed E-state index contributed by atoms with van der Waals surface area (Å²) in [6, 6.07) is 8.97. The van der Waals surface area contributed by atoms with Crippen molar-refractivity contribution in [1.29, 1.82) is 0 Å². The van der Waals surface area contributed by atoms with Crippen molar-refractivity contribution in [1.82, 2.24) is 25.7 Å². The molecule has 0 bridgehead atoms. The summed E-state index contributed by atoms with van der Waals surface area (Å²) in [5.41, 5.74) is 3.57. The van der Waals surface area contributed by atoms with Crippen LogP contribution in [-0.4, -0.2) is 32.1 Å². The fourth-order valence-electron chi connectivity index (χ4n) is 4.54. The van der Waals surface area contributed by atoms with E-state index < -0.39 is 5.91 Å². The number of carbonyl (C=O) groups excluding carboxylic acids is 1. The highest BCUT2D eigenvalue weighted by molar-refractivity contribution is 5.92. The molecule has 2 aromatic heterocycles. The fourth-order valence-corrected chi connectivity index (χ4v) is 4.54. The highest BCUT2D eigenvalue weighted by atomic mass is 19.1. The minimum absolute atomic E-state index is 0.240. The number of nitrogens with one attached hydrogen (secondary N) is 2. The van der Waals surface area contributed by atoms with Crippen molar-refractivity contribution < 1.29 is 14.4 Å². The van der Waals surface area contributed by atoms with E-state index in [4.69, 9.17) is 5.21 Å². The molecular weight excluding hydrogens is 373 g/mol. The molecule has 2 aliphatic carbocycles. The van der Waals surface area contributed by atoms with Crippen LogP contribution in [0.3, 0.4) is 0 Å². The third-order valence-corrected chi connectivity index (χ3v) is 6.07. The number of hydrogen-bond acceptors (Lipinski definition) is 6. The lowest BCUT2D eigenvalue weighted by atomic mass is 10.0. The van der Waals surface area contributed by atoms with Gasteiger partial charge in [-0.15, -0.1) is 0 Å². The minimum atomic E-state index is -0.609. The zero-order valence-corrected chi connectivity index (χ0v) is 15.5. The maximum atomic E-state index is 13.3. The average molecular weight is 393 g/mol. The van der Waals surface area contributed by atoms with Crippen molar-refractivity contribution in [2.24, 2.45) is 11.8 Å². The monoisotopic (exact) mass is 393 g/mol. The maximum absolute atomic E-state index is 13.3. The minimum Gasteiger partial charge on any atom is -0.308 e. The molecule has 0 radical (unpaired) electrons. The number of fused-ring (bicyclic) bond motifs is 2. The second-order valence-electron chi connectivity index (χ2n) is 7.81. The van der Waals surface area contributed by atoms with Crippen molar-refractivity contribution in [3.8, 4) is 0 Å². The lowest BCUT2D eigenvalue weighted by Crippen LogP contribution is -2.22. The Morgan fingerprint density at radius 2 is 1.90 bits per heavy atom. The molecule has 2 aliphatic rings. The summed E-state index contributed by atoms with van der Waals surface area (Å²) in [6.45, 7) is 0.692. The number of hydrogen-bond donors (Lipinski definition) is 3. The fraction of sp³-hybridized carbons (Fsp3) is 0.333. The molecule has 2 fully saturated rings. The first-order chi connectivity index (χ1) is 14.1. The summed E-state index contributed by atoms with van der Waals surface area (Å²) in [6.07, 6.45) is 4.95. The number of amides is 1. The third kappa shape index (κ3) is 3.45. The summed E-state index contributed by atoms with van der Waals surface area (Å²) >= 11 is 0. The molecule has 0 saturated heterocycles. The first-order valence-electron chi connectivity index (χ1n) is 9.67. The van der Waals surface area contributed by atoms with Gasteiger partial charge < -0.3 is 5.32 Å². The number of benzene rings is 1. The molecule has 4 atom stereocenters. The molecule has 0 spiro atoms. The highest BCUT2D eigenvalue weighted by Gasteiger charge is 2.56. The SMILES string of the molecule is O=C(NO)c1cnc(C2C[C@@H]3[C@H](C2)[C@H]3NCc2ccc3cc(F)ccc3n2)nc1. The van der Waals surface area contributed by atoms with E-state index in [-0.39, 0.29) is 11.4 Å². The van der Waals surface area contributed by atoms with E-state index in [9.17, 15) is 9.18 Å². The molecule has 1 amide bonds. The molecule has 0 aliphatic heterocycles. The summed E-state index contributed by atoms with van der Waals surface area (Å²) in [7, 11) is 0. The second kappa shape index (κ2) is 7.13. The van der Waals surface area contributed by atoms with Crippen LogP contribution in [0.1, 0.15) is 40.6 Å². The Labute approximate surface area is 166 Å². The van der Waals surface area contributed by atoms with Crippen molar-refractivity contribution >= 4 is 16.8 Å². The Bertz CT molecular complexity index is 1060. The molecular formula is C21H20FN5O2. The van der Waals surface area contributed by atoms with Crippen LogP contribution in [0.15, 0.2) is 42.7 Å². The third-order valence-electron chi connectivity index (χ3n) is 6.07. The predicted octanol–water partition coefficient (Wildman–Crippen LogP) is 2.56. The zero-order chi connectivity index (χ0) is 20.0. The van der Waals surface area contributed by atoms with Crippen LogP contribution >= 0.6 is 0 Å². The van der Waals surface area contributed by atoms with Gasteiger partial charge in [-0.05, 0) is 48.9 Å². The van der Waals surface area contributed by atoms with Crippen LogP contribution < -0.4 is 10.8 Å². The average Bonchev–Trinajstić information content (AvgIpc) is 3.20. The van der Waals surface area contributed by atoms with Crippen molar-refractivity contribution in [2.75, 3.05) is 0 Å². The smallest absolute Gasteiger partial charge is 0.277 e. The molecule has 7 nitrogen and oxygen atoms in total. The van der Waals surface area contributed by atoms with Crippen LogP contribution in [0.2, 0.25) is 0 Å². The number of aromatic nitrogens is 3. The Balaban J connectivity index is 1.16. The summed E-state index contributed by atoms with van der Waals surface area (Å²) in [4.78, 5) is 24.6. The quantitative estimate of drug-likeness (QED) is 0.455. The van der Waals surface area contributed by atoms with E-state index in [1.807, 2.05) is 12.1 Å². The van der Waals surface area contributed by atoms with Crippen molar-refractivity contribution in [3.05, 3.63) is 65.6 Å². The lowest BCUT2D eigenvalue weighted by Gasteiger charge is -2.14. The molecule has 2 saturated carbocycles. The summed E-state index contributed by atoms with van der Waals surface area (Å²) in [5, 5.41) is 13.1. The lowest BCUT2D eigenvalue weighted by molar-refractivity contribution is 0.0705. The van der Waals surface area contributed by atoms with E-state index >= 15 is 0 Å². The van der Waals surface area contributed by atoms with Gasteiger partial charge in [-0.2, -0.15) is 0 Å². The van der Waals surface area contributed by atoms with Crippen molar-refractivity contribution in [3.63, 3.8) is 0 Å². The van der Waals surface area contributed by atoms with Gasteiger partial charge in [0.25, 0.3) is 5.91 Å². The van der Waals surface area contributed by atoms with Gasteiger partial charge in [-0.25, -0.2) is 19.8 Å². The van der Waals surface area contributed by atoms with Gasteiger partial charge >= 0.3 is 0 Å². The number of carbonyl (C=O) groups is 1. The molecule has 29 heavy (non-hydrogen) atoms. The van der Waals surface area contributed by atoms with E-state index in [0.717, 1.165) is 35.3 Å². The Hall–Kier alpha value is -2.97. The van der Waals surface area contributed by atoms with E-state index in [2.05, 4.69) is 20.3 Å². The Kier molecular flexibility index (Phi) is 4.44. The molecule has 1 unspecified atom stereocenters. The van der Waals surface area contributed by atoms with Gasteiger partial charge in [0.05, 0.1) is 16.8 Å². The molecule has 3 aromatic rings.